The first-order valence-corrected chi connectivity index (χ1v) is 19.6. The van der Waals surface area contributed by atoms with E-state index in [0.717, 1.165) is 54.5 Å². The highest BCUT2D eigenvalue weighted by Gasteiger charge is 2.38. The molecule has 1 aromatic heterocycles. The van der Waals surface area contributed by atoms with Crippen molar-refractivity contribution in [3.63, 3.8) is 0 Å². The number of benzene rings is 2. The minimum atomic E-state index is -5.08. The quantitative estimate of drug-likeness (QED) is 0.117. The monoisotopic (exact) mass is 791 g/mol. The topological polar surface area (TPSA) is 133 Å². The van der Waals surface area contributed by atoms with Gasteiger partial charge < -0.3 is 34.5 Å². The van der Waals surface area contributed by atoms with E-state index >= 15 is 0 Å². The Hall–Kier alpha value is -4.98. The normalized spacial score (nSPS) is 19.2. The number of amides is 2. The second-order valence-electron chi connectivity index (χ2n) is 14.7. The summed E-state index contributed by atoms with van der Waals surface area (Å²) in [6.45, 7) is 6.49. The molecule has 0 radical (unpaired) electrons. The number of allylic oxidation sites excluding steroid dienone is 1. The molecule has 2 fully saturated rings. The fourth-order valence-electron chi connectivity index (χ4n) is 7.42. The van der Waals surface area contributed by atoms with Crippen molar-refractivity contribution in [1.82, 2.24) is 15.1 Å². The van der Waals surface area contributed by atoms with Gasteiger partial charge in [-0.1, -0.05) is 55.7 Å². The lowest BCUT2D eigenvalue weighted by atomic mass is 9.87. The molecule has 3 aromatic rings. The molecule has 0 bridgehead atoms. The molecule has 3 N–H and O–H groups in total. The van der Waals surface area contributed by atoms with Crippen molar-refractivity contribution in [2.45, 2.75) is 76.8 Å². The number of carboxylic acids is 1. The number of likely N-dealkylation sites (tertiary alicyclic amines) is 1. The molecule has 2 aromatic carbocycles. The predicted octanol–water partition coefficient (Wildman–Crippen LogP) is 8.21. The summed E-state index contributed by atoms with van der Waals surface area (Å²) in [5.41, 5.74) is 4.24. The number of carbonyl (C=O) groups is 3. The maximum Gasteiger partial charge on any atom is 0.490 e. The highest BCUT2D eigenvalue weighted by molar-refractivity contribution is 5.95. The first-order chi connectivity index (χ1) is 27.3. The molecule has 1 unspecified atom stereocenters. The Labute approximate surface area is 331 Å². The van der Waals surface area contributed by atoms with Gasteiger partial charge in [0.25, 0.3) is 11.8 Å². The van der Waals surface area contributed by atoms with Gasteiger partial charge in [-0.2, -0.15) is 13.2 Å². The van der Waals surface area contributed by atoms with E-state index in [-0.39, 0.29) is 18.2 Å². The Morgan fingerprint density at radius 1 is 0.982 bits per heavy atom. The number of hydrogen-bond donors (Lipinski definition) is 3. The largest absolute Gasteiger partial charge is 0.490 e. The van der Waals surface area contributed by atoms with Crippen LogP contribution in [0.3, 0.4) is 0 Å². The van der Waals surface area contributed by atoms with Crippen LogP contribution in [0.15, 0.2) is 101 Å². The Bertz CT molecular complexity index is 1880. The third-order valence-corrected chi connectivity index (χ3v) is 10.6. The summed E-state index contributed by atoms with van der Waals surface area (Å²) in [4.78, 5) is 39.8. The lowest BCUT2D eigenvalue weighted by molar-refractivity contribution is -0.192. The number of halogens is 3. The van der Waals surface area contributed by atoms with Crippen LogP contribution in [0.2, 0.25) is 0 Å². The van der Waals surface area contributed by atoms with E-state index in [1.165, 1.54) is 51.3 Å². The van der Waals surface area contributed by atoms with Crippen LogP contribution in [-0.2, 0) is 20.9 Å². The van der Waals surface area contributed by atoms with Gasteiger partial charge in [0.1, 0.15) is 5.76 Å². The molecular weight excluding hydrogens is 739 g/mol. The van der Waals surface area contributed by atoms with Crippen molar-refractivity contribution in [1.29, 1.82) is 0 Å². The van der Waals surface area contributed by atoms with Crippen molar-refractivity contribution in [2.75, 3.05) is 32.8 Å². The second-order valence-corrected chi connectivity index (χ2v) is 14.7. The molecule has 10 nitrogen and oxygen atoms in total. The number of hydrogen-bond acceptors (Lipinski definition) is 7. The molecule has 1 atom stereocenters. The number of rotatable bonds is 13. The van der Waals surface area contributed by atoms with Crippen molar-refractivity contribution in [3.8, 4) is 11.1 Å². The first-order valence-electron chi connectivity index (χ1n) is 19.6. The number of aliphatic hydroxyl groups is 1. The predicted molar refractivity (Wildman–Crippen MR) is 210 cm³/mol. The molecule has 2 saturated heterocycles. The highest BCUT2D eigenvalue weighted by atomic mass is 19.4. The fourth-order valence-corrected chi connectivity index (χ4v) is 7.42. The van der Waals surface area contributed by atoms with Crippen molar-refractivity contribution < 1.29 is 46.9 Å². The van der Waals surface area contributed by atoms with Crippen LogP contribution in [0, 0.1) is 11.8 Å². The van der Waals surface area contributed by atoms with Gasteiger partial charge in [0.2, 0.25) is 0 Å². The van der Waals surface area contributed by atoms with Gasteiger partial charge in [-0.25, -0.2) is 4.79 Å². The maximum absolute atomic E-state index is 13.6. The van der Waals surface area contributed by atoms with Gasteiger partial charge >= 0.3 is 12.1 Å². The summed E-state index contributed by atoms with van der Waals surface area (Å²) >= 11 is 0. The zero-order valence-corrected chi connectivity index (χ0v) is 32.3. The van der Waals surface area contributed by atoms with Crippen molar-refractivity contribution in [3.05, 3.63) is 114 Å². The number of carboxylic acid groups (broad SMARTS) is 1. The number of aliphatic carboxylic acids is 1. The Kier molecular flexibility index (Phi) is 15.5. The smallest absolute Gasteiger partial charge is 0.475 e. The Morgan fingerprint density at radius 2 is 1.65 bits per heavy atom. The van der Waals surface area contributed by atoms with Crippen LogP contribution in [0.1, 0.15) is 80.0 Å². The van der Waals surface area contributed by atoms with Gasteiger partial charge in [0.05, 0.1) is 12.8 Å². The molecular formula is C44H52F3N3O7. The van der Waals surface area contributed by atoms with Gasteiger partial charge in [0, 0.05) is 43.5 Å². The summed E-state index contributed by atoms with van der Waals surface area (Å²) < 4.78 is 42.6. The van der Waals surface area contributed by atoms with Crippen LogP contribution < -0.4 is 5.32 Å². The SMILES string of the molecule is CCOC1(O)C=CC(N(Cc2cccc(-c3cccc(C(=O)N4CCC(CCCC5CCNCC5)CC4)c3)c2)C(=O)/C=C/c2ccco2)=CC1.O=C(O)C(F)(F)F. The molecule has 13 heteroatoms. The summed E-state index contributed by atoms with van der Waals surface area (Å²) in [7, 11) is 0. The van der Waals surface area contributed by atoms with E-state index in [0.29, 0.717) is 30.2 Å². The number of furan rings is 1. The van der Waals surface area contributed by atoms with E-state index in [4.69, 9.17) is 19.1 Å². The second kappa shape index (κ2) is 20.4. The number of nitrogens with zero attached hydrogens (tertiary/aromatic N) is 2. The number of piperidine rings is 2. The molecule has 306 valence electrons. The molecule has 3 aliphatic rings. The van der Waals surface area contributed by atoms with Crippen molar-refractivity contribution >= 4 is 23.9 Å². The Balaban J connectivity index is 0.000000811. The number of carbonyl (C=O) groups excluding carboxylic acids is 2. The lowest BCUT2D eigenvalue weighted by Gasteiger charge is -2.32. The van der Waals surface area contributed by atoms with E-state index in [1.54, 1.807) is 41.5 Å². The highest BCUT2D eigenvalue weighted by Crippen LogP contribution is 2.30. The number of ether oxygens (including phenoxy) is 1. The van der Waals surface area contributed by atoms with Crippen LogP contribution in [-0.4, -0.2) is 82.5 Å². The standard InChI is InChI=1S/C42H51N3O5.C2HF3O2/c1-2-50-42(48)22-16-38(17-23-42)45(40(46)15-14-39-13-6-28-49-39)31-34-9-4-10-35(29-34)36-11-5-12-37(30-36)41(47)44-26-20-33(21-27-44)8-3-7-32-18-24-43-25-19-32;3-2(4,5)1(6)7/h4-6,9-17,22,28-30,32-33,43,48H,2-3,7-8,18-21,23-27,31H2,1H3;(H,6,7)/b15-14+;. The lowest BCUT2D eigenvalue weighted by Crippen LogP contribution is -2.38. The van der Waals surface area contributed by atoms with Gasteiger partial charge in [-0.3, -0.25) is 9.59 Å². The fraction of sp³-hybridized carbons (Fsp3) is 0.432. The first kappa shape index (κ1) is 43.1. The average molecular weight is 792 g/mol. The van der Waals surface area contributed by atoms with Crippen molar-refractivity contribution in [2.24, 2.45) is 11.8 Å². The molecule has 0 spiro atoms. The Morgan fingerprint density at radius 3 is 2.26 bits per heavy atom. The zero-order chi connectivity index (χ0) is 40.8. The maximum atomic E-state index is 13.6. The van der Waals surface area contributed by atoms with Crippen LogP contribution >= 0.6 is 0 Å². The molecule has 57 heavy (non-hydrogen) atoms. The molecule has 2 aliphatic heterocycles. The van der Waals surface area contributed by atoms with E-state index in [9.17, 15) is 27.9 Å². The molecule has 2 amide bonds. The molecule has 3 heterocycles. The summed E-state index contributed by atoms with van der Waals surface area (Å²) in [6, 6.07) is 19.5. The zero-order valence-electron chi connectivity index (χ0n) is 32.3. The molecule has 0 saturated carbocycles. The van der Waals surface area contributed by atoms with Gasteiger partial charge in [-0.15, -0.1) is 0 Å². The number of alkyl halides is 3. The van der Waals surface area contributed by atoms with E-state index < -0.39 is 17.9 Å². The third-order valence-electron chi connectivity index (χ3n) is 10.6. The summed E-state index contributed by atoms with van der Waals surface area (Å²) in [6.07, 6.45) is 13.8. The van der Waals surface area contributed by atoms with Gasteiger partial charge in [0.15, 0.2) is 5.79 Å². The van der Waals surface area contributed by atoms with Gasteiger partial charge in [-0.05, 0) is 123 Å². The van der Waals surface area contributed by atoms with E-state index in [2.05, 4.69) is 11.4 Å². The average Bonchev–Trinajstić information content (AvgIpc) is 3.74. The molecule has 1 aliphatic carbocycles. The van der Waals surface area contributed by atoms with Crippen LogP contribution in [0.4, 0.5) is 13.2 Å². The third kappa shape index (κ3) is 13.0. The summed E-state index contributed by atoms with van der Waals surface area (Å²) in [5.74, 6) is -2.08. The minimum absolute atomic E-state index is 0.0966. The van der Waals surface area contributed by atoms with Crippen LogP contribution in [0.5, 0.6) is 0 Å². The minimum Gasteiger partial charge on any atom is -0.475 e. The molecule has 6 rings (SSSR count). The summed E-state index contributed by atoms with van der Waals surface area (Å²) in [5, 5.41) is 21.3. The number of nitrogens with one attached hydrogen (secondary N) is 1. The van der Waals surface area contributed by atoms with Crippen LogP contribution in [0.25, 0.3) is 17.2 Å². The van der Waals surface area contributed by atoms with E-state index in [1.807, 2.05) is 60.4 Å².